The number of allylic oxidation sites excluding steroid dienone is 1. The van der Waals surface area contributed by atoms with Gasteiger partial charge in [0, 0.05) is 34.9 Å². The highest BCUT2D eigenvalue weighted by Gasteiger charge is 2.38. The summed E-state index contributed by atoms with van der Waals surface area (Å²) >= 11 is 6.07. The van der Waals surface area contributed by atoms with E-state index in [9.17, 15) is 14.4 Å². The van der Waals surface area contributed by atoms with Gasteiger partial charge in [-0.3, -0.25) is 14.4 Å². The number of para-hydroxylation sites is 1. The zero-order valence-electron chi connectivity index (χ0n) is 19.0. The Bertz CT molecular complexity index is 1240. The number of hydrogen-bond donors (Lipinski definition) is 0. The average Bonchev–Trinajstić information content (AvgIpc) is 2.84. The molecule has 0 radical (unpaired) electrons. The van der Waals surface area contributed by atoms with Crippen LogP contribution < -0.4 is 9.80 Å². The molecule has 0 aromatic heterocycles. The van der Waals surface area contributed by atoms with Crippen molar-refractivity contribution >= 4 is 47.2 Å². The SMILES string of the molecule is CC(=O)N(c1ccc(Cl)cc1)C1CC(C)N(C(=O)c2ccc(C=CC=O)cc2)c2ccccc21. The van der Waals surface area contributed by atoms with Gasteiger partial charge in [-0.05, 0) is 73.0 Å². The number of amides is 2. The van der Waals surface area contributed by atoms with Crippen molar-refractivity contribution in [2.24, 2.45) is 0 Å². The van der Waals surface area contributed by atoms with Gasteiger partial charge in [0.05, 0.1) is 6.04 Å². The molecule has 4 rings (SSSR count). The first kappa shape index (κ1) is 23.5. The van der Waals surface area contributed by atoms with Crippen LogP contribution in [0.25, 0.3) is 6.08 Å². The summed E-state index contributed by atoms with van der Waals surface area (Å²) < 4.78 is 0. The molecule has 2 amide bonds. The third kappa shape index (κ3) is 4.66. The largest absolute Gasteiger partial charge is 0.305 e. The molecule has 0 saturated carbocycles. The van der Waals surface area contributed by atoms with Gasteiger partial charge >= 0.3 is 0 Å². The molecule has 2 atom stereocenters. The van der Waals surface area contributed by atoms with Crippen molar-refractivity contribution in [1.82, 2.24) is 0 Å². The second kappa shape index (κ2) is 10.1. The summed E-state index contributed by atoms with van der Waals surface area (Å²) in [7, 11) is 0. The molecule has 0 saturated heterocycles. The number of aldehydes is 1. The first-order chi connectivity index (χ1) is 16.4. The standard InChI is InChI=1S/C28H25ClN2O3/c1-19-18-27(31(20(2)33)24-15-13-23(29)14-16-24)25-7-3-4-8-26(25)30(19)28(34)22-11-9-21(10-12-22)6-5-17-32/h3-17,19,27H,18H2,1-2H3. The number of benzene rings is 3. The highest BCUT2D eigenvalue weighted by molar-refractivity contribution is 6.30. The predicted octanol–water partition coefficient (Wildman–Crippen LogP) is 6.09. The Hall–Kier alpha value is -3.70. The topological polar surface area (TPSA) is 57.7 Å². The van der Waals surface area contributed by atoms with Crippen LogP contribution in [0.5, 0.6) is 0 Å². The van der Waals surface area contributed by atoms with Crippen molar-refractivity contribution in [3.63, 3.8) is 0 Å². The summed E-state index contributed by atoms with van der Waals surface area (Å²) in [6.07, 6.45) is 4.42. The highest BCUT2D eigenvalue weighted by Crippen LogP contribution is 2.42. The highest BCUT2D eigenvalue weighted by atomic mass is 35.5. The van der Waals surface area contributed by atoms with Gasteiger partial charge in [-0.1, -0.05) is 48.0 Å². The summed E-state index contributed by atoms with van der Waals surface area (Å²) in [4.78, 5) is 40.5. The number of halogens is 1. The molecule has 6 heteroatoms. The van der Waals surface area contributed by atoms with Gasteiger partial charge in [-0.15, -0.1) is 0 Å². The molecule has 34 heavy (non-hydrogen) atoms. The molecule has 1 aliphatic rings. The lowest BCUT2D eigenvalue weighted by atomic mass is 9.89. The van der Waals surface area contributed by atoms with Crippen LogP contribution in [0, 0.1) is 0 Å². The Kier molecular flexibility index (Phi) is 6.94. The van der Waals surface area contributed by atoms with Crippen LogP contribution in [0.1, 0.15) is 47.8 Å². The number of anilines is 2. The van der Waals surface area contributed by atoms with Gasteiger partial charge in [0.25, 0.3) is 5.91 Å². The summed E-state index contributed by atoms with van der Waals surface area (Å²) in [5.41, 5.74) is 3.88. The quantitative estimate of drug-likeness (QED) is 0.333. The Morgan fingerprint density at radius 1 is 1.00 bits per heavy atom. The summed E-state index contributed by atoms with van der Waals surface area (Å²) in [6, 6.07) is 21.8. The second-order valence-electron chi connectivity index (χ2n) is 8.32. The lowest BCUT2D eigenvalue weighted by Crippen LogP contribution is -2.47. The van der Waals surface area contributed by atoms with E-state index in [2.05, 4.69) is 0 Å². The van der Waals surface area contributed by atoms with Crippen LogP contribution in [0.2, 0.25) is 5.02 Å². The molecule has 1 aliphatic heterocycles. The molecule has 0 bridgehead atoms. The van der Waals surface area contributed by atoms with Crippen LogP contribution in [-0.4, -0.2) is 24.1 Å². The van der Waals surface area contributed by atoms with E-state index in [4.69, 9.17) is 11.6 Å². The maximum atomic E-state index is 13.6. The fraction of sp³-hybridized carbons (Fsp3) is 0.179. The molecule has 5 nitrogen and oxygen atoms in total. The molecule has 0 N–H and O–H groups in total. The van der Waals surface area contributed by atoms with Crippen molar-refractivity contribution < 1.29 is 14.4 Å². The van der Waals surface area contributed by atoms with E-state index in [1.54, 1.807) is 42.2 Å². The molecule has 0 aliphatic carbocycles. The third-order valence-electron chi connectivity index (χ3n) is 6.06. The van der Waals surface area contributed by atoms with Crippen LogP contribution >= 0.6 is 11.6 Å². The van der Waals surface area contributed by atoms with E-state index in [0.29, 0.717) is 17.0 Å². The van der Waals surface area contributed by atoms with E-state index in [1.807, 2.05) is 60.4 Å². The Balaban J connectivity index is 1.71. The molecule has 172 valence electrons. The minimum absolute atomic E-state index is 0.0759. The minimum atomic E-state index is -0.218. The number of hydrogen-bond acceptors (Lipinski definition) is 3. The lowest BCUT2D eigenvalue weighted by Gasteiger charge is -2.43. The first-order valence-corrected chi connectivity index (χ1v) is 11.5. The minimum Gasteiger partial charge on any atom is -0.305 e. The average molecular weight is 473 g/mol. The van der Waals surface area contributed by atoms with Crippen LogP contribution in [0.4, 0.5) is 11.4 Å². The van der Waals surface area contributed by atoms with E-state index >= 15 is 0 Å². The predicted molar refractivity (Wildman–Crippen MR) is 136 cm³/mol. The van der Waals surface area contributed by atoms with Gasteiger partial charge in [-0.25, -0.2) is 0 Å². The Morgan fingerprint density at radius 2 is 1.68 bits per heavy atom. The van der Waals surface area contributed by atoms with Crippen molar-refractivity contribution in [3.05, 3.63) is 101 Å². The molecule has 2 unspecified atom stereocenters. The second-order valence-corrected chi connectivity index (χ2v) is 8.75. The molecular formula is C28H25ClN2O3. The van der Waals surface area contributed by atoms with E-state index < -0.39 is 0 Å². The van der Waals surface area contributed by atoms with Crippen LogP contribution in [-0.2, 0) is 9.59 Å². The summed E-state index contributed by atoms with van der Waals surface area (Å²) in [5.74, 6) is -0.182. The fourth-order valence-electron chi connectivity index (χ4n) is 4.54. The van der Waals surface area contributed by atoms with Gasteiger partial charge in [0.1, 0.15) is 6.29 Å². The van der Waals surface area contributed by atoms with Crippen LogP contribution in [0.3, 0.4) is 0 Å². The molecule has 0 spiro atoms. The van der Waals surface area contributed by atoms with Crippen molar-refractivity contribution in [2.75, 3.05) is 9.80 Å². The summed E-state index contributed by atoms with van der Waals surface area (Å²) in [5, 5.41) is 0.606. The van der Waals surface area contributed by atoms with E-state index in [0.717, 1.165) is 28.8 Å². The normalized spacial score (nSPS) is 17.3. The Labute approximate surface area is 204 Å². The number of fused-ring (bicyclic) bond motifs is 1. The maximum absolute atomic E-state index is 13.6. The molecule has 0 fully saturated rings. The number of carbonyl (C=O) groups is 3. The van der Waals surface area contributed by atoms with Crippen molar-refractivity contribution in [2.45, 2.75) is 32.4 Å². The zero-order chi connectivity index (χ0) is 24.2. The van der Waals surface area contributed by atoms with Gasteiger partial charge in [-0.2, -0.15) is 0 Å². The van der Waals surface area contributed by atoms with Crippen molar-refractivity contribution in [1.29, 1.82) is 0 Å². The lowest BCUT2D eigenvalue weighted by molar-refractivity contribution is -0.117. The van der Waals surface area contributed by atoms with Crippen molar-refractivity contribution in [3.8, 4) is 0 Å². The zero-order valence-corrected chi connectivity index (χ0v) is 19.8. The maximum Gasteiger partial charge on any atom is 0.258 e. The fourth-order valence-corrected chi connectivity index (χ4v) is 4.67. The smallest absolute Gasteiger partial charge is 0.258 e. The van der Waals surface area contributed by atoms with E-state index in [1.165, 1.54) is 6.08 Å². The van der Waals surface area contributed by atoms with Gasteiger partial charge in [0.15, 0.2) is 0 Å². The molecule has 1 heterocycles. The Morgan fingerprint density at radius 3 is 2.32 bits per heavy atom. The summed E-state index contributed by atoms with van der Waals surface area (Å²) in [6.45, 7) is 3.56. The number of nitrogens with zero attached hydrogens (tertiary/aromatic N) is 2. The number of rotatable bonds is 5. The molecule has 3 aromatic rings. The number of carbonyl (C=O) groups excluding carboxylic acids is 3. The van der Waals surface area contributed by atoms with E-state index in [-0.39, 0.29) is 23.9 Å². The monoisotopic (exact) mass is 472 g/mol. The van der Waals surface area contributed by atoms with Gasteiger partial charge in [0.2, 0.25) is 5.91 Å². The molecular weight excluding hydrogens is 448 g/mol. The third-order valence-corrected chi connectivity index (χ3v) is 6.31. The molecule has 3 aromatic carbocycles. The first-order valence-electron chi connectivity index (χ1n) is 11.1. The van der Waals surface area contributed by atoms with Crippen LogP contribution in [0.15, 0.2) is 78.9 Å². The van der Waals surface area contributed by atoms with Gasteiger partial charge < -0.3 is 9.80 Å².